The van der Waals surface area contributed by atoms with E-state index in [4.69, 9.17) is 17.8 Å². The van der Waals surface area contributed by atoms with E-state index in [-0.39, 0.29) is 23.0 Å². The second-order valence-electron chi connectivity index (χ2n) is 8.72. The second-order valence-corrected chi connectivity index (χ2v) is 11.9. The van der Waals surface area contributed by atoms with E-state index < -0.39 is 44.8 Å². The summed E-state index contributed by atoms with van der Waals surface area (Å²) in [5.41, 5.74) is 2.48. The van der Waals surface area contributed by atoms with E-state index in [0.717, 1.165) is 16.7 Å². The highest BCUT2D eigenvalue weighted by molar-refractivity contribution is 7.87. The molecule has 1 heterocycles. The van der Waals surface area contributed by atoms with Crippen molar-refractivity contribution >= 4 is 20.2 Å². The molecule has 0 unspecified atom stereocenters. The van der Waals surface area contributed by atoms with Crippen LogP contribution in [0.1, 0.15) is 16.7 Å². The van der Waals surface area contributed by atoms with Crippen molar-refractivity contribution in [2.45, 2.75) is 54.8 Å². The molecule has 11 heteroatoms. The van der Waals surface area contributed by atoms with E-state index in [1.807, 2.05) is 25.1 Å². The van der Waals surface area contributed by atoms with Crippen LogP contribution in [0, 0.1) is 13.8 Å². The highest BCUT2D eigenvalue weighted by Crippen LogP contribution is 2.28. The van der Waals surface area contributed by atoms with Gasteiger partial charge in [0.25, 0.3) is 20.2 Å². The van der Waals surface area contributed by atoms with Crippen molar-refractivity contribution < 1.29 is 39.8 Å². The normalized spacial score (nSPS) is 22.6. The van der Waals surface area contributed by atoms with Crippen molar-refractivity contribution in [2.75, 3.05) is 6.61 Å². The summed E-state index contributed by atoms with van der Waals surface area (Å²) >= 11 is 0. The summed E-state index contributed by atoms with van der Waals surface area (Å²) in [6.07, 6.45) is -6.09. The fourth-order valence-electron chi connectivity index (χ4n) is 3.67. The summed E-state index contributed by atoms with van der Waals surface area (Å²) in [6, 6.07) is 21.0. The molecule has 37 heavy (non-hydrogen) atoms. The van der Waals surface area contributed by atoms with Gasteiger partial charge in [0.05, 0.1) is 23.0 Å². The third-order valence-electron chi connectivity index (χ3n) is 5.77. The summed E-state index contributed by atoms with van der Waals surface area (Å²) in [4.78, 5) is -0.250. The largest absolute Gasteiger partial charge is 0.387 e. The monoisotopic (exact) mass is 548 g/mol. The lowest BCUT2D eigenvalue weighted by Gasteiger charge is -2.38. The quantitative estimate of drug-likeness (QED) is 0.402. The molecule has 3 aromatic rings. The zero-order valence-electron chi connectivity index (χ0n) is 20.3. The SMILES string of the molecule is Cc1ccc(S(=O)(=O)O[C@H]2[C@H](OCc3ccccc3)OC[C@@H](OS(=O)(=O)c3ccc(C)cc3)[C@H]2O)cc1. The molecule has 1 saturated heterocycles. The van der Waals surface area contributed by atoms with E-state index >= 15 is 0 Å². The zero-order chi connectivity index (χ0) is 26.6. The van der Waals surface area contributed by atoms with Gasteiger partial charge in [-0.15, -0.1) is 0 Å². The minimum atomic E-state index is -4.37. The number of rotatable bonds is 9. The molecule has 0 spiro atoms. The highest BCUT2D eigenvalue weighted by atomic mass is 32.2. The van der Waals surface area contributed by atoms with Crippen molar-refractivity contribution in [1.82, 2.24) is 0 Å². The van der Waals surface area contributed by atoms with Crippen molar-refractivity contribution in [1.29, 1.82) is 0 Å². The highest BCUT2D eigenvalue weighted by Gasteiger charge is 2.46. The summed E-state index contributed by atoms with van der Waals surface area (Å²) < 4.78 is 73.7. The Hall–Kier alpha value is -2.64. The fraction of sp³-hybridized carbons (Fsp3) is 0.308. The van der Waals surface area contributed by atoms with Gasteiger partial charge in [-0.1, -0.05) is 65.7 Å². The van der Waals surface area contributed by atoms with Gasteiger partial charge in [-0.05, 0) is 43.7 Å². The molecule has 3 aromatic carbocycles. The van der Waals surface area contributed by atoms with Crippen LogP contribution in [0.25, 0.3) is 0 Å². The molecule has 4 rings (SSSR count). The van der Waals surface area contributed by atoms with Crippen LogP contribution >= 0.6 is 0 Å². The van der Waals surface area contributed by atoms with Gasteiger partial charge < -0.3 is 14.6 Å². The van der Waals surface area contributed by atoms with Crippen molar-refractivity contribution in [3.8, 4) is 0 Å². The molecule has 1 aliphatic rings. The number of aliphatic hydroxyl groups excluding tert-OH is 1. The molecular weight excluding hydrogens is 520 g/mol. The van der Waals surface area contributed by atoms with Crippen LogP contribution in [0.5, 0.6) is 0 Å². The van der Waals surface area contributed by atoms with Crippen molar-refractivity contribution in [3.63, 3.8) is 0 Å². The standard InChI is InChI=1S/C26H28O9S2/c1-18-8-12-21(13-9-18)36(28,29)34-23-17-33-26(32-16-20-6-4-3-5-7-20)25(24(23)27)35-37(30,31)22-14-10-19(2)11-15-22/h3-15,23-27H,16-17H2,1-2H3/t23-,24-,25-,26-/m1/s1. The molecular formula is C26H28O9S2. The smallest absolute Gasteiger partial charge is 0.297 e. The van der Waals surface area contributed by atoms with Gasteiger partial charge in [0.2, 0.25) is 0 Å². The lowest BCUT2D eigenvalue weighted by atomic mass is 10.1. The molecule has 0 bridgehead atoms. The summed E-state index contributed by atoms with van der Waals surface area (Å²) in [6.45, 7) is 3.27. The van der Waals surface area contributed by atoms with Crippen LogP contribution in [-0.4, -0.2) is 53.2 Å². The lowest BCUT2D eigenvalue weighted by molar-refractivity contribution is -0.262. The van der Waals surface area contributed by atoms with Crippen molar-refractivity contribution in [3.05, 3.63) is 95.6 Å². The third kappa shape index (κ3) is 6.82. The summed E-state index contributed by atoms with van der Waals surface area (Å²) in [5.74, 6) is 0. The minimum absolute atomic E-state index is 0.0376. The van der Waals surface area contributed by atoms with Crippen LogP contribution < -0.4 is 0 Å². The van der Waals surface area contributed by atoms with Gasteiger partial charge in [0.1, 0.15) is 12.2 Å². The lowest BCUT2D eigenvalue weighted by Crippen LogP contribution is -2.56. The zero-order valence-corrected chi connectivity index (χ0v) is 21.9. The Labute approximate surface area is 216 Å². The molecule has 0 saturated carbocycles. The van der Waals surface area contributed by atoms with Gasteiger partial charge >= 0.3 is 0 Å². The Balaban J connectivity index is 1.57. The molecule has 0 radical (unpaired) electrons. The second kappa shape index (κ2) is 11.4. The van der Waals surface area contributed by atoms with Crippen LogP contribution in [0.2, 0.25) is 0 Å². The van der Waals surface area contributed by atoms with E-state index in [1.165, 1.54) is 24.3 Å². The Bertz CT molecular complexity index is 1390. The maximum absolute atomic E-state index is 13.0. The van der Waals surface area contributed by atoms with Gasteiger partial charge in [-0.25, -0.2) is 0 Å². The first kappa shape index (κ1) is 27.4. The van der Waals surface area contributed by atoms with Gasteiger partial charge in [0, 0.05) is 0 Å². The van der Waals surface area contributed by atoms with Crippen molar-refractivity contribution in [2.24, 2.45) is 0 Å². The van der Waals surface area contributed by atoms with Gasteiger partial charge in [-0.2, -0.15) is 16.8 Å². The average molecular weight is 549 g/mol. The number of ether oxygens (including phenoxy) is 2. The number of benzene rings is 3. The number of hydrogen-bond donors (Lipinski definition) is 1. The van der Waals surface area contributed by atoms with Crippen LogP contribution in [0.3, 0.4) is 0 Å². The van der Waals surface area contributed by atoms with Crippen LogP contribution in [-0.2, 0) is 44.7 Å². The Morgan fingerprint density at radius 3 is 1.84 bits per heavy atom. The van der Waals surface area contributed by atoms with E-state index in [2.05, 4.69) is 0 Å². The molecule has 198 valence electrons. The molecule has 4 atom stereocenters. The topological polar surface area (TPSA) is 125 Å². The Kier molecular flexibility index (Phi) is 8.44. The van der Waals surface area contributed by atoms with E-state index in [9.17, 15) is 21.9 Å². The molecule has 1 fully saturated rings. The Morgan fingerprint density at radius 1 is 0.784 bits per heavy atom. The first-order valence-electron chi connectivity index (χ1n) is 11.5. The molecule has 0 aliphatic carbocycles. The van der Waals surface area contributed by atoms with Gasteiger partial charge in [0.15, 0.2) is 12.4 Å². The third-order valence-corrected chi connectivity index (χ3v) is 8.45. The summed E-state index contributed by atoms with van der Waals surface area (Å²) in [7, 11) is -8.67. The number of aryl methyl sites for hydroxylation is 2. The Morgan fingerprint density at radius 2 is 1.30 bits per heavy atom. The first-order chi connectivity index (χ1) is 17.5. The van der Waals surface area contributed by atoms with E-state index in [1.54, 1.807) is 43.3 Å². The van der Waals surface area contributed by atoms with Crippen LogP contribution in [0.4, 0.5) is 0 Å². The predicted molar refractivity (Wildman–Crippen MR) is 133 cm³/mol. The van der Waals surface area contributed by atoms with E-state index in [0.29, 0.717) is 0 Å². The molecule has 0 aromatic heterocycles. The maximum Gasteiger partial charge on any atom is 0.297 e. The molecule has 1 aliphatic heterocycles. The molecule has 9 nitrogen and oxygen atoms in total. The average Bonchev–Trinajstić information content (AvgIpc) is 2.87. The summed E-state index contributed by atoms with van der Waals surface area (Å²) in [5, 5.41) is 11.1. The maximum atomic E-state index is 13.0. The minimum Gasteiger partial charge on any atom is -0.387 e. The molecule has 0 amide bonds. The fourth-order valence-corrected chi connectivity index (χ4v) is 5.82. The number of hydrogen-bond acceptors (Lipinski definition) is 9. The predicted octanol–water partition coefficient (Wildman–Crippen LogP) is 3.09. The molecule has 1 N–H and O–H groups in total. The van der Waals surface area contributed by atoms with Crippen LogP contribution in [0.15, 0.2) is 88.7 Å². The van der Waals surface area contributed by atoms with Gasteiger partial charge in [-0.3, -0.25) is 8.37 Å². The first-order valence-corrected chi connectivity index (χ1v) is 14.3. The number of aliphatic hydroxyl groups is 1.